The second kappa shape index (κ2) is 16.9. The number of Topliss-reactive ketones (excluding diaryl/α,β-unsaturated/α-hetero) is 1. The van der Waals surface area contributed by atoms with E-state index in [-0.39, 0.29) is 23.7 Å². The van der Waals surface area contributed by atoms with Crippen molar-refractivity contribution < 1.29 is 64.9 Å². The summed E-state index contributed by atoms with van der Waals surface area (Å²) in [4.78, 5) is 35.8. The number of hydrogen-bond acceptors (Lipinski definition) is 11. The van der Waals surface area contributed by atoms with Crippen LogP contribution in [-0.4, -0.2) is 96.6 Å². The van der Waals surface area contributed by atoms with Gasteiger partial charge in [-0.05, 0) is 44.4 Å². The summed E-state index contributed by atoms with van der Waals surface area (Å²) in [6, 6.07) is 5.91. The fourth-order valence-electron chi connectivity index (χ4n) is 4.91. The monoisotopic (exact) mass is 737 g/mol. The normalized spacial score (nSPS) is 13.5. The van der Waals surface area contributed by atoms with Gasteiger partial charge in [0.2, 0.25) is 0 Å². The summed E-state index contributed by atoms with van der Waals surface area (Å²) in [5.74, 6) is -3.93. The van der Waals surface area contributed by atoms with Gasteiger partial charge in [-0.2, -0.15) is 26.3 Å². The molecule has 14 nitrogen and oxygen atoms in total. The minimum atomic E-state index is -5.19. The number of carboxylic acids is 2. The Hall–Kier alpha value is -4.88. The first-order valence-electron chi connectivity index (χ1n) is 15.4. The third-order valence-corrected chi connectivity index (χ3v) is 7.40. The lowest BCUT2D eigenvalue weighted by Crippen LogP contribution is -2.37. The summed E-state index contributed by atoms with van der Waals surface area (Å²) >= 11 is 0. The highest BCUT2D eigenvalue weighted by Crippen LogP contribution is 2.40. The van der Waals surface area contributed by atoms with E-state index >= 15 is 0 Å². The highest BCUT2D eigenvalue weighted by atomic mass is 19.4. The Bertz CT molecular complexity index is 1670. The predicted molar refractivity (Wildman–Crippen MR) is 170 cm³/mol. The number of fused-ring (bicyclic) bond motifs is 1. The van der Waals surface area contributed by atoms with Gasteiger partial charge in [-0.1, -0.05) is 30.4 Å². The van der Waals surface area contributed by atoms with Crippen LogP contribution in [0.3, 0.4) is 0 Å². The van der Waals surface area contributed by atoms with E-state index in [0.29, 0.717) is 24.4 Å². The summed E-state index contributed by atoms with van der Waals surface area (Å²) < 4.78 is 78.0. The number of carbonyl (C=O) groups excluding carboxylic acids is 2. The van der Waals surface area contributed by atoms with E-state index < -0.39 is 24.3 Å². The number of aryl methyl sites for hydroxylation is 1. The number of nitrogens with two attached hydrogens (primary N) is 1. The van der Waals surface area contributed by atoms with Gasteiger partial charge in [0.15, 0.2) is 18.1 Å². The maximum atomic E-state index is 13.7. The molecular formula is C31H41F6N7O7. The summed E-state index contributed by atoms with van der Waals surface area (Å²) in [5, 5.41) is 25.1. The Morgan fingerprint density at radius 1 is 1.04 bits per heavy atom. The topological polar surface area (TPSA) is 180 Å². The fraction of sp³-hybridized carbons (Fsp3) is 0.548. The van der Waals surface area contributed by atoms with Crippen LogP contribution in [0.15, 0.2) is 18.2 Å². The average Bonchev–Trinajstić information content (AvgIpc) is 3.35. The first kappa shape index (κ1) is 42.3. The SMILES string of the molecule is CCN(CC)c1cc(C)c2n(CC(=O)c3cc(N4CCOCC4)c(OC)c(C(C)(C)C)c3)nc(N)[n+]2n1.O=C(O)C(F)(F)F.O=C([O-])C(F)(F)F. The Morgan fingerprint density at radius 2 is 1.57 bits per heavy atom. The third kappa shape index (κ3) is 11.1. The lowest BCUT2D eigenvalue weighted by Gasteiger charge is -2.33. The van der Waals surface area contributed by atoms with E-state index in [1.165, 1.54) is 0 Å². The minimum absolute atomic E-state index is 0.0479. The lowest BCUT2D eigenvalue weighted by atomic mass is 9.84. The molecule has 0 unspecified atom stereocenters. The second-order valence-corrected chi connectivity index (χ2v) is 12.0. The summed E-state index contributed by atoms with van der Waals surface area (Å²) in [6.07, 6.45) is -10.3. The highest BCUT2D eigenvalue weighted by Gasteiger charge is 2.38. The van der Waals surface area contributed by atoms with Gasteiger partial charge in [0.1, 0.15) is 11.7 Å². The van der Waals surface area contributed by atoms with E-state index in [1.807, 2.05) is 25.1 Å². The molecule has 3 N–H and O–H groups in total. The van der Waals surface area contributed by atoms with E-state index in [9.17, 15) is 31.1 Å². The van der Waals surface area contributed by atoms with Crippen LogP contribution < -0.4 is 29.9 Å². The molecule has 1 fully saturated rings. The number of alkyl halides is 6. The maximum absolute atomic E-state index is 13.7. The first-order valence-corrected chi connectivity index (χ1v) is 15.4. The van der Waals surface area contributed by atoms with E-state index in [1.54, 1.807) is 16.3 Å². The number of carbonyl (C=O) groups is 3. The Kier molecular flexibility index (Phi) is 14.0. The fourth-order valence-corrected chi connectivity index (χ4v) is 4.91. The van der Waals surface area contributed by atoms with E-state index in [2.05, 4.69) is 49.5 Å². The van der Waals surface area contributed by atoms with Gasteiger partial charge in [0, 0.05) is 48.0 Å². The molecule has 2 aromatic heterocycles. The largest absolute Gasteiger partial charge is 0.542 e. The number of anilines is 3. The molecule has 0 bridgehead atoms. The molecule has 20 heteroatoms. The van der Waals surface area contributed by atoms with Gasteiger partial charge in [0.05, 0.1) is 26.0 Å². The molecule has 0 aliphatic carbocycles. The molecule has 51 heavy (non-hydrogen) atoms. The Morgan fingerprint density at radius 3 is 2.00 bits per heavy atom. The number of carboxylic acid groups (broad SMARTS) is 2. The van der Waals surface area contributed by atoms with Crippen molar-refractivity contribution in [2.75, 3.05) is 62.0 Å². The standard InChI is InChI=1S/C27H40N7O3.2C2HF3O2/c1-8-31(9-2)23-14-18(3)25-33(30-26(28)34(25)29-23)17-22(35)19-15-20(27(4,5)6)24(36-7)21(16-19)32-10-12-37-13-11-32;2*3-2(4,5)1(6)7/h14-16H,8-13,17H2,1-7H3,(H2,28,30);2*(H,6,7)/q+1;;/p-1. The van der Waals surface area contributed by atoms with Crippen LogP contribution in [-0.2, 0) is 26.3 Å². The molecular weight excluding hydrogens is 696 g/mol. The Balaban J connectivity index is 0.000000543. The zero-order chi connectivity index (χ0) is 39.1. The number of morpholine rings is 1. The molecule has 1 aliphatic rings. The molecule has 0 saturated carbocycles. The molecule has 1 aliphatic heterocycles. The van der Waals surface area contributed by atoms with Crippen LogP contribution in [0.5, 0.6) is 5.75 Å². The molecule has 0 spiro atoms. The molecule has 1 aromatic carbocycles. The average molecular weight is 738 g/mol. The van der Waals surface area contributed by atoms with E-state index in [0.717, 1.165) is 54.6 Å². The van der Waals surface area contributed by atoms with Gasteiger partial charge in [-0.15, -0.1) is 4.68 Å². The number of ketones is 1. The second-order valence-electron chi connectivity index (χ2n) is 12.0. The summed E-state index contributed by atoms with van der Waals surface area (Å²) in [6.45, 7) is 17.0. The number of nitrogen functional groups attached to an aromatic ring is 1. The number of nitrogens with zero attached hydrogens (tertiary/aromatic N) is 6. The molecule has 0 atom stereocenters. The van der Waals surface area contributed by atoms with Crippen molar-refractivity contribution in [1.82, 2.24) is 14.9 Å². The zero-order valence-corrected chi connectivity index (χ0v) is 29.1. The van der Waals surface area contributed by atoms with E-state index in [4.69, 9.17) is 40.1 Å². The Labute approximate surface area is 289 Å². The smallest absolute Gasteiger partial charge is 0.490 e. The molecule has 284 valence electrons. The van der Waals surface area contributed by atoms with Gasteiger partial charge in [0.25, 0.3) is 5.65 Å². The van der Waals surface area contributed by atoms with Crippen molar-refractivity contribution in [3.8, 4) is 5.75 Å². The predicted octanol–water partition coefficient (Wildman–Crippen LogP) is 2.71. The molecule has 0 amide bonds. The van der Waals surface area contributed by atoms with Crippen molar-refractivity contribution in [3.05, 3.63) is 34.9 Å². The summed E-state index contributed by atoms with van der Waals surface area (Å²) in [5.41, 5.74) is 10.2. The number of ether oxygens (including phenoxy) is 2. The van der Waals surface area contributed by atoms with Gasteiger partial charge in [-0.25, -0.2) is 4.79 Å². The molecule has 4 rings (SSSR count). The highest BCUT2D eigenvalue weighted by molar-refractivity contribution is 5.98. The minimum Gasteiger partial charge on any atom is -0.542 e. The summed E-state index contributed by atoms with van der Waals surface area (Å²) in [7, 11) is 1.69. The number of benzene rings is 1. The van der Waals surface area contributed by atoms with Gasteiger partial charge >= 0.3 is 24.3 Å². The molecule has 1 saturated heterocycles. The molecule has 0 radical (unpaired) electrons. The third-order valence-electron chi connectivity index (χ3n) is 7.40. The van der Waals surface area contributed by atoms with Gasteiger partial charge < -0.3 is 40.0 Å². The van der Waals surface area contributed by atoms with Gasteiger partial charge in [-0.3, -0.25) is 4.79 Å². The number of aromatic nitrogens is 4. The molecule has 3 heterocycles. The van der Waals surface area contributed by atoms with Crippen molar-refractivity contribution in [2.24, 2.45) is 0 Å². The van der Waals surface area contributed by atoms with Crippen LogP contribution in [0, 0.1) is 6.92 Å². The number of halogens is 6. The first-order chi connectivity index (χ1) is 23.5. The lowest BCUT2D eigenvalue weighted by molar-refractivity contribution is -0.565. The van der Waals surface area contributed by atoms with Crippen molar-refractivity contribution in [2.45, 2.75) is 65.9 Å². The van der Waals surface area contributed by atoms with Crippen LogP contribution in [0.25, 0.3) is 5.65 Å². The van der Waals surface area contributed by atoms with Crippen LogP contribution in [0.1, 0.15) is 56.1 Å². The van der Waals surface area contributed by atoms with Crippen LogP contribution in [0.4, 0.5) is 43.8 Å². The number of methoxy groups -OCH3 is 1. The van der Waals surface area contributed by atoms with Crippen molar-refractivity contribution >= 4 is 40.8 Å². The maximum Gasteiger partial charge on any atom is 0.490 e. The zero-order valence-electron chi connectivity index (χ0n) is 29.1. The number of aliphatic carboxylic acids is 2. The number of hydrogen-bond donors (Lipinski definition) is 2. The van der Waals surface area contributed by atoms with Crippen LogP contribution in [0.2, 0.25) is 0 Å². The quantitative estimate of drug-likeness (QED) is 0.196. The van der Waals surface area contributed by atoms with Crippen molar-refractivity contribution in [1.29, 1.82) is 0 Å². The van der Waals surface area contributed by atoms with Crippen molar-refractivity contribution in [3.63, 3.8) is 0 Å². The molecule has 3 aromatic rings. The number of rotatable bonds is 8. The van der Waals surface area contributed by atoms with Crippen LogP contribution >= 0.6 is 0 Å².